The Bertz CT molecular complexity index is 922. The summed E-state index contributed by atoms with van der Waals surface area (Å²) in [6, 6.07) is 10.0. The van der Waals surface area contributed by atoms with Crippen molar-refractivity contribution in [3.05, 3.63) is 53.4 Å². The first-order chi connectivity index (χ1) is 13.2. The highest BCUT2D eigenvalue weighted by Crippen LogP contribution is 2.27. The summed E-state index contributed by atoms with van der Waals surface area (Å²) in [7, 11) is 1.89. The van der Waals surface area contributed by atoms with E-state index in [0.29, 0.717) is 18.1 Å². The minimum atomic E-state index is -0.320. The summed E-state index contributed by atoms with van der Waals surface area (Å²) in [6.07, 6.45) is 1.96. The highest BCUT2D eigenvalue weighted by molar-refractivity contribution is 7.13. The zero-order chi connectivity index (χ0) is 18.8. The number of amides is 1. The van der Waals surface area contributed by atoms with Gasteiger partial charge in [-0.25, -0.2) is 14.1 Å². The predicted octanol–water partition coefficient (Wildman–Crippen LogP) is 2.96. The molecule has 8 heteroatoms. The Balaban J connectivity index is 1.73. The quantitative estimate of drug-likeness (QED) is 0.734. The van der Waals surface area contributed by atoms with Gasteiger partial charge in [0.2, 0.25) is 5.82 Å². The number of halogens is 1. The molecule has 3 heterocycles. The molecule has 0 saturated carbocycles. The van der Waals surface area contributed by atoms with Crippen molar-refractivity contribution < 1.29 is 9.18 Å². The highest BCUT2D eigenvalue weighted by atomic mass is 32.1. The van der Waals surface area contributed by atoms with E-state index in [1.807, 2.05) is 29.5 Å². The van der Waals surface area contributed by atoms with Crippen LogP contribution in [0.4, 0.5) is 4.39 Å². The number of rotatable bonds is 5. The van der Waals surface area contributed by atoms with Crippen LogP contribution in [-0.4, -0.2) is 51.8 Å². The number of aromatic nitrogens is 3. The molecule has 4 rings (SSSR count). The molecule has 1 atom stereocenters. The van der Waals surface area contributed by atoms with Crippen molar-refractivity contribution in [2.45, 2.75) is 18.9 Å². The number of likely N-dealkylation sites (tertiary alicyclic amines) is 1. The Hall–Kier alpha value is -2.58. The van der Waals surface area contributed by atoms with Crippen molar-refractivity contribution in [2.24, 2.45) is 0 Å². The average molecular weight is 385 g/mol. The summed E-state index contributed by atoms with van der Waals surface area (Å²) in [5.74, 6) is 0.279. The molecule has 1 aromatic carbocycles. The number of nitrogens with zero attached hydrogens (tertiary/aromatic N) is 4. The Morgan fingerprint density at radius 1 is 1.33 bits per heavy atom. The maximum atomic E-state index is 13.3. The lowest BCUT2D eigenvalue weighted by molar-refractivity contribution is 0.0724. The number of carbonyl (C=O) groups excluding carboxylic acids is 1. The van der Waals surface area contributed by atoms with Crippen molar-refractivity contribution in [2.75, 3.05) is 20.1 Å². The summed E-state index contributed by atoms with van der Waals surface area (Å²) in [5, 5.41) is 9.57. The lowest BCUT2D eigenvalue weighted by Gasteiger charge is -2.23. The fourth-order valence-corrected chi connectivity index (χ4v) is 4.11. The summed E-state index contributed by atoms with van der Waals surface area (Å²) < 4.78 is 14.9. The maximum Gasteiger partial charge on any atom is 0.293 e. The molecule has 1 unspecified atom stereocenters. The Morgan fingerprint density at radius 3 is 2.85 bits per heavy atom. The number of hydrogen-bond donors (Lipinski definition) is 1. The lowest BCUT2D eigenvalue weighted by atomic mass is 10.2. The zero-order valence-corrected chi connectivity index (χ0v) is 15.7. The summed E-state index contributed by atoms with van der Waals surface area (Å²) in [4.78, 5) is 20.4. The third-order valence-corrected chi connectivity index (χ3v) is 5.55. The first kappa shape index (κ1) is 17.8. The Kier molecular flexibility index (Phi) is 5.00. The van der Waals surface area contributed by atoms with Crippen LogP contribution in [-0.2, 0) is 0 Å². The van der Waals surface area contributed by atoms with Crippen LogP contribution >= 0.6 is 11.3 Å². The molecule has 3 aromatic rings. The Morgan fingerprint density at radius 2 is 2.15 bits per heavy atom. The normalized spacial score (nSPS) is 16.8. The molecule has 1 N–H and O–H groups in total. The fraction of sp³-hybridized carbons (Fsp3) is 0.316. The van der Waals surface area contributed by atoms with Crippen molar-refractivity contribution in [1.82, 2.24) is 25.0 Å². The summed E-state index contributed by atoms with van der Waals surface area (Å²) >= 11 is 1.52. The number of benzene rings is 1. The second-order valence-corrected chi connectivity index (χ2v) is 7.42. The molecule has 0 bridgehead atoms. The van der Waals surface area contributed by atoms with Gasteiger partial charge in [0, 0.05) is 19.1 Å². The summed E-state index contributed by atoms with van der Waals surface area (Å²) in [6.45, 7) is 1.47. The predicted molar refractivity (Wildman–Crippen MR) is 103 cm³/mol. The van der Waals surface area contributed by atoms with Crippen molar-refractivity contribution in [3.8, 4) is 16.4 Å². The molecule has 1 saturated heterocycles. The maximum absolute atomic E-state index is 13.3. The van der Waals surface area contributed by atoms with Crippen LogP contribution in [0.15, 0.2) is 41.8 Å². The van der Waals surface area contributed by atoms with E-state index in [1.165, 1.54) is 23.5 Å². The molecule has 0 aliphatic carbocycles. The fourth-order valence-electron chi connectivity index (χ4n) is 3.41. The van der Waals surface area contributed by atoms with Crippen LogP contribution in [0.5, 0.6) is 0 Å². The van der Waals surface area contributed by atoms with Gasteiger partial charge in [0.15, 0.2) is 5.82 Å². The van der Waals surface area contributed by atoms with Gasteiger partial charge in [0.1, 0.15) is 5.82 Å². The number of likely N-dealkylation sites (N-methyl/N-ethyl adjacent to an activating group) is 1. The molecule has 1 fully saturated rings. The van der Waals surface area contributed by atoms with Crippen LogP contribution in [0.25, 0.3) is 16.4 Å². The molecule has 2 aromatic heterocycles. The lowest BCUT2D eigenvalue weighted by Crippen LogP contribution is -2.41. The third-order valence-electron chi connectivity index (χ3n) is 4.69. The number of hydrogen-bond acceptors (Lipinski definition) is 5. The van der Waals surface area contributed by atoms with Crippen molar-refractivity contribution >= 4 is 17.2 Å². The molecule has 27 heavy (non-hydrogen) atoms. The molecule has 0 spiro atoms. The third kappa shape index (κ3) is 3.50. The first-order valence-electron chi connectivity index (χ1n) is 8.90. The molecule has 0 radical (unpaired) electrons. The van der Waals surface area contributed by atoms with Gasteiger partial charge in [0.25, 0.3) is 5.91 Å². The van der Waals surface area contributed by atoms with Crippen LogP contribution in [0.1, 0.15) is 23.5 Å². The highest BCUT2D eigenvalue weighted by Gasteiger charge is 2.32. The smallest absolute Gasteiger partial charge is 0.293 e. The van der Waals surface area contributed by atoms with E-state index >= 15 is 0 Å². The monoisotopic (exact) mass is 385 g/mol. The van der Waals surface area contributed by atoms with Crippen LogP contribution in [0.3, 0.4) is 0 Å². The van der Waals surface area contributed by atoms with Gasteiger partial charge in [-0.05, 0) is 55.6 Å². The van der Waals surface area contributed by atoms with Gasteiger partial charge in [-0.15, -0.1) is 16.4 Å². The first-order valence-corrected chi connectivity index (χ1v) is 9.78. The molecule has 1 aliphatic rings. The number of carbonyl (C=O) groups is 1. The molecule has 1 amide bonds. The molecular weight excluding hydrogens is 365 g/mol. The Labute approximate surface area is 160 Å². The van der Waals surface area contributed by atoms with E-state index in [0.717, 1.165) is 24.3 Å². The van der Waals surface area contributed by atoms with Gasteiger partial charge < -0.3 is 10.2 Å². The van der Waals surface area contributed by atoms with Gasteiger partial charge in [-0.1, -0.05) is 6.07 Å². The van der Waals surface area contributed by atoms with E-state index in [9.17, 15) is 9.18 Å². The molecule has 140 valence electrons. The van der Waals surface area contributed by atoms with Gasteiger partial charge in [-0.3, -0.25) is 4.79 Å². The van der Waals surface area contributed by atoms with Gasteiger partial charge in [0.05, 0.1) is 10.6 Å². The summed E-state index contributed by atoms with van der Waals surface area (Å²) in [5.41, 5.74) is 0.666. The standard InChI is InChI=1S/C19H20FN5OS/c1-21-12-15-4-2-10-24(15)19(26)17-22-18(16-5-3-11-27-16)25(23-17)14-8-6-13(20)7-9-14/h3,5-9,11,15,21H,2,4,10,12H2,1H3. The van der Waals surface area contributed by atoms with Crippen LogP contribution in [0.2, 0.25) is 0 Å². The van der Waals surface area contributed by atoms with Crippen LogP contribution < -0.4 is 5.32 Å². The van der Waals surface area contributed by atoms with E-state index in [2.05, 4.69) is 15.4 Å². The largest absolute Gasteiger partial charge is 0.332 e. The topological polar surface area (TPSA) is 63.1 Å². The van der Waals surface area contributed by atoms with Crippen LogP contribution in [0, 0.1) is 5.82 Å². The van der Waals surface area contributed by atoms with Gasteiger partial charge >= 0.3 is 0 Å². The SMILES string of the molecule is CNCC1CCCN1C(=O)c1nc(-c2cccs2)n(-c2ccc(F)cc2)n1. The second-order valence-electron chi connectivity index (χ2n) is 6.48. The number of thiophene rings is 1. The molecule has 6 nitrogen and oxygen atoms in total. The average Bonchev–Trinajstić information content (AvgIpc) is 3.42. The van der Waals surface area contributed by atoms with Crippen molar-refractivity contribution in [3.63, 3.8) is 0 Å². The van der Waals surface area contributed by atoms with Crippen molar-refractivity contribution in [1.29, 1.82) is 0 Å². The van der Waals surface area contributed by atoms with Gasteiger partial charge in [-0.2, -0.15) is 0 Å². The van der Waals surface area contributed by atoms with E-state index in [4.69, 9.17) is 0 Å². The van der Waals surface area contributed by atoms with E-state index < -0.39 is 0 Å². The van der Waals surface area contributed by atoms with E-state index in [1.54, 1.807) is 16.8 Å². The molecular formula is C19H20FN5OS. The minimum absolute atomic E-state index is 0.158. The van der Waals surface area contributed by atoms with E-state index in [-0.39, 0.29) is 23.6 Å². The zero-order valence-electron chi connectivity index (χ0n) is 14.9. The minimum Gasteiger partial charge on any atom is -0.332 e. The molecule has 1 aliphatic heterocycles. The number of nitrogens with one attached hydrogen (secondary N) is 1. The second kappa shape index (κ2) is 7.58.